The number of pyridine rings is 1. The van der Waals surface area contributed by atoms with Crippen molar-refractivity contribution in [1.82, 2.24) is 4.57 Å². The molecule has 166 valence electrons. The fourth-order valence-electron chi connectivity index (χ4n) is 5.44. The van der Waals surface area contributed by atoms with E-state index >= 15 is 0 Å². The van der Waals surface area contributed by atoms with Crippen molar-refractivity contribution in [1.29, 1.82) is 0 Å². The zero-order valence-electron chi connectivity index (χ0n) is 17.6. The Kier molecular flexibility index (Phi) is 4.52. The Labute approximate surface area is 192 Å². The zero-order chi connectivity index (χ0) is 22.7. The first-order chi connectivity index (χ1) is 16.0. The lowest BCUT2D eigenvalue weighted by molar-refractivity contribution is 0.345. The first kappa shape index (κ1) is 20.3. The molecule has 2 aliphatic rings. The van der Waals surface area contributed by atoms with Gasteiger partial charge in [-0.15, -0.1) is 0 Å². The van der Waals surface area contributed by atoms with Crippen LogP contribution in [-0.2, 0) is 5.41 Å². The number of aromatic nitrogens is 1. The molecule has 1 spiro atoms. The molecule has 7 heteroatoms. The first-order valence-electron chi connectivity index (χ1n) is 11.0. The van der Waals surface area contributed by atoms with E-state index in [1.165, 1.54) is 12.1 Å². The van der Waals surface area contributed by atoms with Gasteiger partial charge in [-0.05, 0) is 48.7 Å². The monoisotopic (exact) mass is 461 g/mol. The summed E-state index contributed by atoms with van der Waals surface area (Å²) in [5.41, 5.74) is 0.509. The van der Waals surface area contributed by atoms with Gasteiger partial charge in [-0.1, -0.05) is 49.2 Å². The second-order valence-corrected chi connectivity index (χ2v) is 9.78. The van der Waals surface area contributed by atoms with Crippen LogP contribution in [-0.4, -0.2) is 9.67 Å². The van der Waals surface area contributed by atoms with E-state index in [0.29, 0.717) is 11.4 Å². The van der Waals surface area contributed by atoms with Crippen LogP contribution in [0.5, 0.6) is 5.75 Å². The van der Waals surface area contributed by atoms with Crippen molar-refractivity contribution in [2.45, 2.75) is 47.3 Å². The molecular formula is C26H20FNO4S. The van der Waals surface area contributed by atoms with Crippen LogP contribution in [0.1, 0.15) is 43.4 Å². The maximum atomic E-state index is 14.3. The number of halogens is 1. The lowest BCUT2D eigenvalue weighted by atomic mass is 9.68. The molecule has 4 aromatic rings. The Balaban J connectivity index is 1.65. The molecule has 3 heterocycles. The fourth-order valence-corrected chi connectivity index (χ4v) is 6.29. The standard InChI is InChI=1S/C26H20FNO4S/c27-15-9-10-18-17(13-15)26(11-5-2-6-12-26)20-14-19-21(24(30)28(18)20)22(29)23(25(31)32-19)33-16-7-3-1-4-8-16/h1,3-4,7-10,13-14,29H,2,5-6,11-12H2. The summed E-state index contributed by atoms with van der Waals surface area (Å²) in [5, 5.41) is 11.0. The summed E-state index contributed by atoms with van der Waals surface area (Å²) < 4.78 is 21.4. The predicted octanol–water partition coefficient (Wildman–Crippen LogP) is 5.50. The van der Waals surface area contributed by atoms with Crippen LogP contribution in [0.4, 0.5) is 4.39 Å². The molecule has 2 aromatic carbocycles. The van der Waals surface area contributed by atoms with Crippen molar-refractivity contribution < 1.29 is 13.9 Å². The average Bonchev–Trinajstić information content (AvgIpc) is 3.06. The van der Waals surface area contributed by atoms with E-state index in [2.05, 4.69) is 0 Å². The van der Waals surface area contributed by atoms with Crippen molar-refractivity contribution in [2.24, 2.45) is 0 Å². The summed E-state index contributed by atoms with van der Waals surface area (Å²) in [6, 6.07) is 15.3. The van der Waals surface area contributed by atoms with Crippen LogP contribution in [0.25, 0.3) is 16.7 Å². The average molecular weight is 462 g/mol. The second kappa shape index (κ2) is 7.35. The normalized spacial score (nSPS) is 16.2. The molecule has 1 aliphatic heterocycles. The lowest BCUT2D eigenvalue weighted by Gasteiger charge is -2.34. The molecule has 1 saturated carbocycles. The van der Waals surface area contributed by atoms with Crippen molar-refractivity contribution in [3.63, 3.8) is 0 Å². The highest BCUT2D eigenvalue weighted by molar-refractivity contribution is 7.99. The zero-order valence-corrected chi connectivity index (χ0v) is 18.5. The molecule has 0 radical (unpaired) electrons. The van der Waals surface area contributed by atoms with Gasteiger partial charge in [0.2, 0.25) is 0 Å². The number of benzene rings is 2. The van der Waals surface area contributed by atoms with Crippen LogP contribution in [0.15, 0.2) is 78.4 Å². The van der Waals surface area contributed by atoms with E-state index in [0.717, 1.165) is 54.3 Å². The van der Waals surface area contributed by atoms with Gasteiger partial charge in [0.25, 0.3) is 5.56 Å². The van der Waals surface area contributed by atoms with Crippen LogP contribution >= 0.6 is 11.8 Å². The number of nitrogens with zero attached hydrogens (tertiary/aromatic N) is 1. The van der Waals surface area contributed by atoms with Crippen LogP contribution in [0, 0.1) is 5.82 Å². The Morgan fingerprint density at radius 3 is 2.52 bits per heavy atom. The van der Waals surface area contributed by atoms with Crippen molar-refractivity contribution in [2.75, 3.05) is 0 Å². The van der Waals surface area contributed by atoms with Gasteiger partial charge in [-0.2, -0.15) is 0 Å². The number of fused-ring (bicyclic) bond motifs is 6. The third-order valence-corrected chi connectivity index (χ3v) is 7.96. The minimum absolute atomic E-state index is 0.0314. The molecule has 0 atom stereocenters. The minimum atomic E-state index is -0.697. The highest BCUT2D eigenvalue weighted by Gasteiger charge is 2.45. The predicted molar refractivity (Wildman–Crippen MR) is 124 cm³/mol. The molecule has 6 rings (SSSR count). The molecule has 0 amide bonds. The summed E-state index contributed by atoms with van der Waals surface area (Å²) in [5.74, 6) is -0.733. The highest BCUT2D eigenvalue weighted by Crippen LogP contribution is 2.51. The topological polar surface area (TPSA) is 72.4 Å². The van der Waals surface area contributed by atoms with E-state index in [9.17, 15) is 19.1 Å². The van der Waals surface area contributed by atoms with Gasteiger partial charge < -0.3 is 9.52 Å². The number of hydrogen-bond donors (Lipinski definition) is 1. The fraction of sp³-hybridized carbons (Fsp3) is 0.231. The van der Waals surface area contributed by atoms with Crippen molar-refractivity contribution in [3.8, 4) is 11.4 Å². The minimum Gasteiger partial charge on any atom is -0.505 e. The summed E-state index contributed by atoms with van der Waals surface area (Å²) in [4.78, 5) is 27.3. The molecule has 1 N–H and O–H groups in total. The van der Waals surface area contributed by atoms with E-state index < -0.39 is 16.6 Å². The highest BCUT2D eigenvalue weighted by atomic mass is 32.2. The molecule has 1 fully saturated rings. The Morgan fingerprint density at radius 1 is 1.00 bits per heavy atom. The lowest BCUT2D eigenvalue weighted by Crippen LogP contribution is -2.31. The van der Waals surface area contributed by atoms with Gasteiger partial charge in [0.05, 0.1) is 5.69 Å². The van der Waals surface area contributed by atoms with Crippen molar-refractivity contribution >= 4 is 22.7 Å². The number of aromatic hydroxyl groups is 1. The Morgan fingerprint density at radius 2 is 1.76 bits per heavy atom. The van der Waals surface area contributed by atoms with Gasteiger partial charge in [0.1, 0.15) is 21.7 Å². The molecule has 2 aromatic heterocycles. The molecule has 33 heavy (non-hydrogen) atoms. The molecule has 0 saturated heterocycles. The SMILES string of the molecule is O=c1oc2cc3n(c(=O)c2c(O)c1Sc1ccccc1)-c1ccc(F)cc1C31CCCCC1. The summed E-state index contributed by atoms with van der Waals surface area (Å²) in [7, 11) is 0. The molecule has 0 bridgehead atoms. The van der Waals surface area contributed by atoms with Gasteiger partial charge in [0.15, 0.2) is 5.75 Å². The Bertz CT molecular complexity index is 1530. The molecule has 0 unspecified atom stereocenters. The maximum Gasteiger partial charge on any atom is 0.354 e. The maximum absolute atomic E-state index is 14.3. The van der Waals surface area contributed by atoms with Crippen LogP contribution < -0.4 is 11.2 Å². The Hall–Kier alpha value is -3.32. The first-order valence-corrected chi connectivity index (χ1v) is 11.8. The number of hydrogen-bond acceptors (Lipinski definition) is 5. The van der Waals surface area contributed by atoms with Crippen molar-refractivity contribution in [3.05, 3.63) is 92.4 Å². The summed E-state index contributed by atoms with van der Waals surface area (Å²) in [6.07, 6.45) is 4.58. The second-order valence-electron chi connectivity index (χ2n) is 8.70. The largest absolute Gasteiger partial charge is 0.505 e. The third-order valence-electron chi connectivity index (χ3n) is 6.89. The van der Waals surface area contributed by atoms with Crippen LogP contribution in [0.3, 0.4) is 0 Å². The third kappa shape index (κ3) is 2.92. The molecule has 1 aliphatic carbocycles. The quantitative estimate of drug-likeness (QED) is 0.427. The summed E-state index contributed by atoms with van der Waals surface area (Å²) in [6.45, 7) is 0. The summed E-state index contributed by atoms with van der Waals surface area (Å²) >= 11 is 1.05. The van der Waals surface area contributed by atoms with E-state index in [-0.39, 0.29) is 27.4 Å². The van der Waals surface area contributed by atoms with Gasteiger partial charge in [-0.25, -0.2) is 9.18 Å². The number of rotatable bonds is 2. The van der Waals surface area contributed by atoms with Gasteiger partial charge in [0, 0.05) is 22.1 Å². The van der Waals surface area contributed by atoms with E-state index in [4.69, 9.17) is 4.42 Å². The smallest absolute Gasteiger partial charge is 0.354 e. The van der Waals surface area contributed by atoms with Gasteiger partial charge >= 0.3 is 5.63 Å². The van der Waals surface area contributed by atoms with E-state index in [1.54, 1.807) is 28.8 Å². The van der Waals surface area contributed by atoms with Crippen LogP contribution in [0.2, 0.25) is 0 Å². The van der Waals surface area contributed by atoms with Gasteiger partial charge in [-0.3, -0.25) is 9.36 Å². The molecular weight excluding hydrogens is 441 g/mol. The molecule has 5 nitrogen and oxygen atoms in total. The van der Waals surface area contributed by atoms with E-state index in [1.807, 2.05) is 18.2 Å².